The molecule has 2 aromatic rings. The fourth-order valence-corrected chi connectivity index (χ4v) is 5.09. The Labute approximate surface area is 117 Å². The average Bonchev–Trinajstić information content (AvgIpc) is 3.05. The second-order valence-electron chi connectivity index (χ2n) is 5.29. The minimum atomic E-state index is -3.17. The molecule has 20 heavy (non-hydrogen) atoms. The molecule has 0 aromatic heterocycles. The lowest BCUT2D eigenvalue weighted by atomic mass is 10.1. The largest absolute Gasteiger partial charge is 0.461 e. The molecular formula is C15H16NO3P. The predicted molar refractivity (Wildman–Crippen MR) is 77.9 cm³/mol. The highest BCUT2D eigenvalue weighted by atomic mass is 31.2. The van der Waals surface area contributed by atoms with E-state index >= 15 is 0 Å². The monoisotopic (exact) mass is 289 g/mol. The van der Waals surface area contributed by atoms with E-state index in [0.29, 0.717) is 12.4 Å². The summed E-state index contributed by atoms with van der Waals surface area (Å²) in [7, 11) is -3.17. The number of hydrogen-bond acceptors (Lipinski definition) is 3. The summed E-state index contributed by atoms with van der Waals surface area (Å²) in [6.45, 7) is 1.31. The zero-order chi connectivity index (χ0) is 13.6. The number of nitrogens with zero attached hydrogens (tertiary/aromatic N) is 1. The molecule has 2 aliphatic heterocycles. The Bertz CT molecular complexity index is 697. The number of fused-ring (bicyclic) bond motifs is 2. The van der Waals surface area contributed by atoms with Crippen LogP contribution in [0.5, 0.6) is 5.75 Å². The Hall–Kier alpha value is -1.35. The van der Waals surface area contributed by atoms with Crippen LogP contribution < -0.4 is 4.52 Å². The number of rotatable bonds is 2. The Kier molecular flexibility index (Phi) is 2.84. The molecule has 5 heteroatoms. The molecule has 0 amide bonds. The lowest BCUT2D eigenvalue weighted by molar-refractivity contribution is 0.288. The standard InChI is InChI=1S/C15H16NO3P/c17-20(16-10-4-7-13(16)11-18-20)19-15-9-3-6-12-5-1-2-8-14(12)15/h1-3,5-6,8-9,13H,4,7,10-11H2/t13-,20?/m0/s1. The van der Waals surface area contributed by atoms with Gasteiger partial charge in [0.25, 0.3) is 0 Å². The van der Waals surface area contributed by atoms with Gasteiger partial charge >= 0.3 is 7.75 Å². The van der Waals surface area contributed by atoms with Gasteiger partial charge in [-0.05, 0) is 24.3 Å². The Morgan fingerprint density at radius 1 is 1.20 bits per heavy atom. The molecular weight excluding hydrogens is 273 g/mol. The highest BCUT2D eigenvalue weighted by Gasteiger charge is 2.49. The lowest BCUT2D eigenvalue weighted by Gasteiger charge is -2.21. The van der Waals surface area contributed by atoms with Crippen molar-refractivity contribution >= 4 is 18.5 Å². The van der Waals surface area contributed by atoms with Crippen LogP contribution in [0.2, 0.25) is 0 Å². The summed E-state index contributed by atoms with van der Waals surface area (Å²) in [4.78, 5) is 0. The Morgan fingerprint density at radius 2 is 2.05 bits per heavy atom. The first-order chi connectivity index (χ1) is 9.76. The summed E-state index contributed by atoms with van der Waals surface area (Å²) in [6, 6.07) is 14.0. The first-order valence-electron chi connectivity index (χ1n) is 6.95. The zero-order valence-corrected chi connectivity index (χ0v) is 12.0. The van der Waals surface area contributed by atoms with E-state index in [9.17, 15) is 4.57 Å². The number of hydrogen-bond donors (Lipinski definition) is 0. The van der Waals surface area contributed by atoms with Gasteiger partial charge in [0, 0.05) is 18.0 Å². The van der Waals surface area contributed by atoms with Crippen LogP contribution in [0.25, 0.3) is 10.8 Å². The predicted octanol–water partition coefficient (Wildman–Crippen LogP) is 3.82. The second kappa shape index (κ2) is 4.59. The third-order valence-corrected chi connectivity index (χ3v) is 6.11. The highest BCUT2D eigenvalue weighted by Crippen LogP contribution is 2.60. The van der Waals surface area contributed by atoms with Gasteiger partial charge in [0.15, 0.2) is 0 Å². The van der Waals surface area contributed by atoms with Crippen LogP contribution in [0.15, 0.2) is 42.5 Å². The molecule has 0 N–H and O–H groups in total. The van der Waals surface area contributed by atoms with E-state index in [0.717, 1.165) is 30.2 Å². The molecule has 4 nitrogen and oxygen atoms in total. The summed E-state index contributed by atoms with van der Waals surface area (Å²) in [5.41, 5.74) is 0. The van der Waals surface area contributed by atoms with E-state index in [1.54, 1.807) is 0 Å². The summed E-state index contributed by atoms with van der Waals surface area (Å²) in [5.74, 6) is 0.638. The van der Waals surface area contributed by atoms with E-state index in [2.05, 4.69) is 0 Å². The van der Waals surface area contributed by atoms with Crippen molar-refractivity contribution in [1.82, 2.24) is 4.67 Å². The molecule has 0 radical (unpaired) electrons. The highest BCUT2D eigenvalue weighted by molar-refractivity contribution is 7.52. The van der Waals surface area contributed by atoms with Crippen molar-refractivity contribution in [2.45, 2.75) is 18.9 Å². The lowest BCUT2D eigenvalue weighted by Crippen LogP contribution is -2.22. The van der Waals surface area contributed by atoms with Crippen molar-refractivity contribution in [1.29, 1.82) is 0 Å². The molecule has 4 rings (SSSR count). The first-order valence-corrected chi connectivity index (χ1v) is 8.45. The van der Waals surface area contributed by atoms with E-state index in [1.807, 2.05) is 47.1 Å². The van der Waals surface area contributed by atoms with Crippen molar-refractivity contribution in [3.63, 3.8) is 0 Å². The van der Waals surface area contributed by atoms with Crippen LogP contribution in [-0.4, -0.2) is 23.9 Å². The summed E-state index contributed by atoms with van der Waals surface area (Å²) in [5, 5.41) is 2.05. The summed E-state index contributed by atoms with van der Waals surface area (Å²) in [6.07, 6.45) is 2.11. The minimum absolute atomic E-state index is 0.260. The maximum Gasteiger partial charge on any atom is 0.461 e. The van der Waals surface area contributed by atoms with Crippen LogP contribution in [0.4, 0.5) is 0 Å². The van der Waals surface area contributed by atoms with E-state index in [-0.39, 0.29) is 6.04 Å². The van der Waals surface area contributed by atoms with Gasteiger partial charge in [-0.1, -0.05) is 36.4 Å². The third-order valence-electron chi connectivity index (χ3n) is 4.05. The Balaban J connectivity index is 1.73. The van der Waals surface area contributed by atoms with Gasteiger partial charge in [0.05, 0.1) is 6.61 Å². The molecule has 2 saturated heterocycles. The van der Waals surface area contributed by atoms with E-state index < -0.39 is 7.75 Å². The van der Waals surface area contributed by atoms with Gasteiger partial charge in [0.2, 0.25) is 0 Å². The fraction of sp³-hybridized carbons (Fsp3) is 0.333. The van der Waals surface area contributed by atoms with Crippen molar-refractivity contribution in [3.8, 4) is 5.75 Å². The normalized spacial score (nSPS) is 29.7. The van der Waals surface area contributed by atoms with Crippen LogP contribution in [-0.2, 0) is 9.09 Å². The molecule has 2 aromatic carbocycles. The van der Waals surface area contributed by atoms with Gasteiger partial charge in [-0.25, -0.2) is 4.57 Å². The molecule has 2 atom stereocenters. The molecule has 1 unspecified atom stereocenters. The van der Waals surface area contributed by atoms with Gasteiger partial charge in [0.1, 0.15) is 5.75 Å². The van der Waals surface area contributed by atoms with Gasteiger partial charge < -0.3 is 4.52 Å². The third kappa shape index (κ3) is 1.87. The maximum absolute atomic E-state index is 12.9. The maximum atomic E-state index is 12.9. The minimum Gasteiger partial charge on any atom is -0.412 e. The van der Waals surface area contributed by atoms with Crippen LogP contribution in [0.3, 0.4) is 0 Å². The zero-order valence-electron chi connectivity index (χ0n) is 11.1. The molecule has 0 saturated carbocycles. The average molecular weight is 289 g/mol. The van der Waals surface area contributed by atoms with Crippen molar-refractivity contribution in [3.05, 3.63) is 42.5 Å². The topological polar surface area (TPSA) is 38.8 Å². The molecule has 0 aliphatic carbocycles. The first kappa shape index (κ1) is 12.4. The molecule has 104 valence electrons. The Morgan fingerprint density at radius 3 is 3.00 bits per heavy atom. The van der Waals surface area contributed by atoms with Crippen molar-refractivity contribution in [2.75, 3.05) is 13.2 Å². The van der Waals surface area contributed by atoms with Crippen molar-refractivity contribution < 1.29 is 13.6 Å². The van der Waals surface area contributed by atoms with Gasteiger partial charge in [-0.15, -0.1) is 0 Å². The quantitative estimate of drug-likeness (QED) is 0.788. The van der Waals surface area contributed by atoms with Crippen molar-refractivity contribution in [2.24, 2.45) is 0 Å². The molecule has 2 aliphatic rings. The van der Waals surface area contributed by atoms with Gasteiger partial charge in [-0.3, -0.25) is 4.52 Å². The number of benzene rings is 2. The molecule has 2 fully saturated rings. The van der Waals surface area contributed by atoms with E-state index in [4.69, 9.17) is 9.05 Å². The molecule has 0 spiro atoms. The molecule has 0 bridgehead atoms. The smallest absolute Gasteiger partial charge is 0.412 e. The van der Waals surface area contributed by atoms with E-state index in [1.165, 1.54) is 0 Å². The van der Waals surface area contributed by atoms with Crippen LogP contribution in [0.1, 0.15) is 12.8 Å². The van der Waals surface area contributed by atoms with Crippen LogP contribution >= 0.6 is 7.75 Å². The molecule has 2 heterocycles. The summed E-state index contributed by atoms with van der Waals surface area (Å²) < 4.78 is 26.2. The summed E-state index contributed by atoms with van der Waals surface area (Å²) >= 11 is 0. The SMILES string of the molecule is O=P1(Oc2cccc3ccccc23)OC[C@@H]2CCCN21. The second-order valence-corrected chi connectivity index (χ2v) is 7.18. The fourth-order valence-electron chi connectivity index (χ4n) is 3.05. The van der Waals surface area contributed by atoms with Crippen LogP contribution in [0, 0.1) is 0 Å². The van der Waals surface area contributed by atoms with Gasteiger partial charge in [-0.2, -0.15) is 4.67 Å².